The Balaban J connectivity index is 5.33. The summed E-state index contributed by atoms with van der Waals surface area (Å²) >= 11 is 0. The van der Waals surface area contributed by atoms with E-state index in [2.05, 4.69) is 0 Å². The fraction of sp³-hybridized carbons (Fsp3) is 0.778. The van der Waals surface area contributed by atoms with Gasteiger partial charge in [0.15, 0.2) is 0 Å². The smallest absolute Gasteiger partial charge is 0.325 e. The van der Waals surface area contributed by atoms with Crippen molar-refractivity contribution in [1.29, 1.82) is 0 Å². The van der Waals surface area contributed by atoms with Crippen molar-refractivity contribution < 1.29 is 19.8 Å². The second-order valence-electron chi connectivity index (χ2n) is 4.48. The van der Waals surface area contributed by atoms with Gasteiger partial charge in [-0.1, -0.05) is 20.8 Å². The monoisotopic (exact) mass is 203 g/mol. The van der Waals surface area contributed by atoms with Crippen LogP contribution in [0.2, 0.25) is 0 Å². The van der Waals surface area contributed by atoms with Crippen LogP contribution in [0.1, 0.15) is 27.7 Å². The van der Waals surface area contributed by atoms with E-state index in [9.17, 15) is 9.59 Å². The summed E-state index contributed by atoms with van der Waals surface area (Å²) in [5.74, 6) is -3.63. The quantitative estimate of drug-likeness (QED) is 0.621. The highest BCUT2D eigenvalue weighted by atomic mass is 16.4. The van der Waals surface area contributed by atoms with Crippen molar-refractivity contribution in [1.82, 2.24) is 0 Å². The molecule has 2 atom stereocenters. The number of carboxylic acids is 2. The summed E-state index contributed by atoms with van der Waals surface area (Å²) in [6.45, 7) is 6.14. The Morgan fingerprint density at radius 2 is 1.57 bits per heavy atom. The molecule has 1 unspecified atom stereocenters. The molecular formula is C9H17NO4. The van der Waals surface area contributed by atoms with Gasteiger partial charge in [-0.05, 0) is 12.3 Å². The van der Waals surface area contributed by atoms with Crippen LogP contribution in [0.15, 0.2) is 0 Å². The maximum absolute atomic E-state index is 11.0. The lowest BCUT2D eigenvalue weighted by Gasteiger charge is -2.40. The predicted octanol–water partition coefficient (Wildman–Crippen LogP) is 0.535. The zero-order valence-electron chi connectivity index (χ0n) is 8.87. The standard InChI is InChI=1S/C9H17NO4/c1-5(6(11)12)9(10,7(13)14)8(2,3)4/h5H,10H2,1-4H3,(H,11,12)(H,13,14)/t5?,9-/m1/s1. The van der Waals surface area contributed by atoms with Gasteiger partial charge in [0.1, 0.15) is 5.54 Å². The molecular weight excluding hydrogens is 186 g/mol. The molecule has 0 bridgehead atoms. The van der Waals surface area contributed by atoms with Gasteiger partial charge in [-0.2, -0.15) is 0 Å². The Morgan fingerprint density at radius 3 is 1.64 bits per heavy atom. The van der Waals surface area contributed by atoms with Crippen LogP contribution in [0.5, 0.6) is 0 Å². The van der Waals surface area contributed by atoms with Gasteiger partial charge in [0, 0.05) is 0 Å². The Morgan fingerprint density at radius 1 is 1.21 bits per heavy atom. The Hall–Kier alpha value is -1.10. The van der Waals surface area contributed by atoms with E-state index in [-0.39, 0.29) is 0 Å². The van der Waals surface area contributed by atoms with Crippen LogP contribution in [0.25, 0.3) is 0 Å². The molecule has 5 nitrogen and oxygen atoms in total. The van der Waals surface area contributed by atoms with E-state index in [4.69, 9.17) is 15.9 Å². The Labute approximate surface area is 82.9 Å². The van der Waals surface area contributed by atoms with Crippen molar-refractivity contribution in [2.24, 2.45) is 17.1 Å². The third-order valence-electron chi connectivity index (χ3n) is 2.65. The van der Waals surface area contributed by atoms with Gasteiger partial charge in [0.05, 0.1) is 5.92 Å². The topological polar surface area (TPSA) is 101 Å². The number of aliphatic carboxylic acids is 2. The summed E-state index contributed by atoms with van der Waals surface area (Å²) in [5.41, 5.74) is 3.09. The molecule has 0 saturated heterocycles. The first kappa shape index (κ1) is 12.9. The highest BCUT2D eigenvalue weighted by Crippen LogP contribution is 2.34. The molecule has 14 heavy (non-hydrogen) atoms. The van der Waals surface area contributed by atoms with Crippen molar-refractivity contribution in [3.63, 3.8) is 0 Å². The van der Waals surface area contributed by atoms with Gasteiger partial charge in [-0.15, -0.1) is 0 Å². The lowest BCUT2D eigenvalue weighted by atomic mass is 9.67. The summed E-state index contributed by atoms with van der Waals surface area (Å²) < 4.78 is 0. The SMILES string of the molecule is CC(C(=O)O)[C@@](N)(C(=O)O)C(C)(C)C. The van der Waals surface area contributed by atoms with Crippen LogP contribution in [-0.2, 0) is 9.59 Å². The summed E-state index contributed by atoms with van der Waals surface area (Å²) in [7, 11) is 0. The first-order valence-electron chi connectivity index (χ1n) is 4.30. The average Bonchev–Trinajstić information content (AvgIpc) is 1.98. The average molecular weight is 203 g/mol. The normalized spacial score (nSPS) is 18.4. The molecule has 0 heterocycles. The van der Waals surface area contributed by atoms with E-state index >= 15 is 0 Å². The summed E-state index contributed by atoms with van der Waals surface area (Å²) in [5, 5.41) is 17.8. The molecule has 0 aromatic carbocycles. The molecule has 0 radical (unpaired) electrons. The molecule has 0 spiro atoms. The molecule has 0 fully saturated rings. The zero-order chi connectivity index (χ0) is 11.7. The van der Waals surface area contributed by atoms with Gasteiger partial charge in [-0.25, -0.2) is 0 Å². The van der Waals surface area contributed by atoms with Gasteiger partial charge < -0.3 is 15.9 Å². The van der Waals surface area contributed by atoms with Crippen molar-refractivity contribution in [3.8, 4) is 0 Å². The number of hydrogen-bond acceptors (Lipinski definition) is 3. The highest BCUT2D eigenvalue weighted by Gasteiger charge is 2.52. The minimum Gasteiger partial charge on any atom is -0.481 e. The number of hydrogen-bond donors (Lipinski definition) is 3. The lowest BCUT2D eigenvalue weighted by Crippen LogP contribution is -2.63. The second-order valence-corrected chi connectivity index (χ2v) is 4.48. The molecule has 0 rings (SSSR count). The predicted molar refractivity (Wildman–Crippen MR) is 50.8 cm³/mol. The van der Waals surface area contributed by atoms with Gasteiger partial charge in [0.25, 0.3) is 0 Å². The van der Waals surface area contributed by atoms with Crippen LogP contribution in [-0.4, -0.2) is 27.7 Å². The van der Waals surface area contributed by atoms with Crippen molar-refractivity contribution in [2.45, 2.75) is 33.2 Å². The van der Waals surface area contributed by atoms with Gasteiger partial charge >= 0.3 is 11.9 Å². The third-order valence-corrected chi connectivity index (χ3v) is 2.65. The van der Waals surface area contributed by atoms with Crippen LogP contribution in [0.4, 0.5) is 0 Å². The Bertz CT molecular complexity index is 256. The van der Waals surface area contributed by atoms with Crippen molar-refractivity contribution in [2.75, 3.05) is 0 Å². The van der Waals surface area contributed by atoms with E-state index in [0.717, 1.165) is 0 Å². The molecule has 5 heteroatoms. The maximum atomic E-state index is 11.0. The lowest BCUT2D eigenvalue weighted by molar-refractivity contribution is -0.160. The number of carbonyl (C=O) groups is 2. The van der Waals surface area contributed by atoms with E-state index in [0.29, 0.717) is 0 Å². The van der Waals surface area contributed by atoms with Crippen LogP contribution in [0, 0.1) is 11.3 Å². The molecule has 4 N–H and O–H groups in total. The maximum Gasteiger partial charge on any atom is 0.325 e. The van der Waals surface area contributed by atoms with E-state index in [1.807, 2.05) is 0 Å². The minimum atomic E-state index is -1.77. The summed E-state index contributed by atoms with van der Waals surface area (Å²) in [6, 6.07) is 0. The van der Waals surface area contributed by atoms with Gasteiger partial charge in [-0.3, -0.25) is 9.59 Å². The highest BCUT2D eigenvalue weighted by molar-refractivity contribution is 5.87. The second kappa shape index (κ2) is 3.57. The molecule has 0 aromatic rings. The minimum absolute atomic E-state index is 0.823. The number of carboxylic acid groups (broad SMARTS) is 2. The molecule has 0 aliphatic rings. The largest absolute Gasteiger partial charge is 0.481 e. The molecule has 0 aliphatic heterocycles. The first-order chi connectivity index (χ1) is 6.05. The van der Waals surface area contributed by atoms with Crippen LogP contribution < -0.4 is 5.73 Å². The fourth-order valence-electron chi connectivity index (χ4n) is 1.35. The van der Waals surface area contributed by atoms with Crippen LogP contribution >= 0.6 is 0 Å². The molecule has 82 valence electrons. The summed E-state index contributed by atoms with van der Waals surface area (Å²) in [6.07, 6.45) is 0. The molecule has 0 aromatic heterocycles. The first-order valence-corrected chi connectivity index (χ1v) is 4.30. The van der Waals surface area contributed by atoms with Gasteiger partial charge in [0.2, 0.25) is 0 Å². The van der Waals surface area contributed by atoms with E-state index < -0.39 is 28.8 Å². The fourth-order valence-corrected chi connectivity index (χ4v) is 1.35. The summed E-state index contributed by atoms with van der Waals surface area (Å²) in [4.78, 5) is 21.8. The molecule has 0 aliphatic carbocycles. The van der Waals surface area contributed by atoms with E-state index in [1.54, 1.807) is 20.8 Å². The number of nitrogens with two attached hydrogens (primary N) is 1. The van der Waals surface area contributed by atoms with Crippen LogP contribution in [0.3, 0.4) is 0 Å². The van der Waals surface area contributed by atoms with E-state index in [1.165, 1.54) is 6.92 Å². The van der Waals surface area contributed by atoms with Crippen molar-refractivity contribution >= 4 is 11.9 Å². The number of rotatable bonds is 3. The third kappa shape index (κ3) is 1.87. The Kier molecular flexibility index (Phi) is 3.29. The zero-order valence-corrected chi connectivity index (χ0v) is 8.87. The molecule has 0 amide bonds. The van der Waals surface area contributed by atoms with Crippen molar-refractivity contribution in [3.05, 3.63) is 0 Å². The molecule has 0 saturated carbocycles.